The molecule has 0 saturated carbocycles. The monoisotopic (exact) mass is 303 g/mol. The van der Waals surface area contributed by atoms with Crippen LogP contribution in [0.5, 0.6) is 5.75 Å². The summed E-state index contributed by atoms with van der Waals surface area (Å²) in [4.78, 5) is 3.81. The van der Waals surface area contributed by atoms with Crippen LogP contribution in [0, 0.1) is 0 Å². The number of fused-ring (bicyclic) bond motifs is 1. The van der Waals surface area contributed by atoms with Gasteiger partial charge in [0, 0.05) is 12.0 Å². The Hall–Kier alpha value is -1.96. The number of benzene rings is 1. The largest absolute Gasteiger partial charge is 0.522 e. The molecule has 1 heterocycles. The lowest BCUT2D eigenvalue weighted by molar-refractivity contribution is -0.323. The van der Waals surface area contributed by atoms with Gasteiger partial charge in [-0.1, -0.05) is 18.2 Å². The summed E-state index contributed by atoms with van der Waals surface area (Å²) in [5, 5.41) is 2.98. The van der Waals surface area contributed by atoms with Crippen LogP contribution in [-0.2, 0) is 4.74 Å². The molecule has 0 amide bonds. The topological polar surface area (TPSA) is 68.9 Å². The van der Waals surface area contributed by atoms with Crippen molar-refractivity contribution in [2.24, 2.45) is 10.7 Å². The Morgan fingerprint density at radius 3 is 2.95 bits per heavy atom. The smallest absolute Gasteiger partial charge is 0.493 e. The number of nitrogens with two attached hydrogens (primary N) is 1. The number of nitrogens with one attached hydrogen (secondary N) is 1. The molecule has 0 saturated heterocycles. The highest BCUT2D eigenvalue weighted by Crippen LogP contribution is 2.31. The summed E-state index contributed by atoms with van der Waals surface area (Å²) in [7, 11) is 0. The molecule has 0 aliphatic carbocycles. The molecule has 3 N–H and O–H groups in total. The van der Waals surface area contributed by atoms with Gasteiger partial charge in [0.15, 0.2) is 5.96 Å². The molecule has 1 aromatic rings. The van der Waals surface area contributed by atoms with Gasteiger partial charge in [-0.2, -0.15) is 0 Å². The maximum atomic E-state index is 11.8. The molecule has 1 aliphatic heterocycles. The number of hydrogen-bond acceptors (Lipinski definition) is 3. The van der Waals surface area contributed by atoms with E-state index in [1.54, 1.807) is 0 Å². The van der Waals surface area contributed by atoms with Crippen molar-refractivity contribution in [3.05, 3.63) is 29.8 Å². The molecular formula is C13H16F3N3O2. The molecular weight excluding hydrogens is 287 g/mol. The van der Waals surface area contributed by atoms with Gasteiger partial charge in [0.25, 0.3) is 0 Å². The highest BCUT2D eigenvalue weighted by molar-refractivity contribution is 5.78. The second kappa shape index (κ2) is 6.66. The summed E-state index contributed by atoms with van der Waals surface area (Å²) < 4.78 is 44.5. The van der Waals surface area contributed by atoms with Crippen molar-refractivity contribution in [2.45, 2.75) is 18.8 Å². The van der Waals surface area contributed by atoms with Crippen LogP contribution in [0.1, 0.15) is 18.0 Å². The molecule has 0 fully saturated rings. The van der Waals surface area contributed by atoms with Gasteiger partial charge in [0.2, 0.25) is 0 Å². The van der Waals surface area contributed by atoms with Gasteiger partial charge in [-0.3, -0.25) is 9.73 Å². The Bertz CT molecular complexity index is 506. The van der Waals surface area contributed by atoms with Crippen LogP contribution in [0.3, 0.4) is 0 Å². The van der Waals surface area contributed by atoms with Crippen molar-refractivity contribution < 1.29 is 22.6 Å². The van der Waals surface area contributed by atoms with Gasteiger partial charge in [0.1, 0.15) is 5.75 Å². The predicted molar refractivity (Wildman–Crippen MR) is 70.9 cm³/mol. The van der Waals surface area contributed by atoms with Crippen LogP contribution in [0.15, 0.2) is 29.3 Å². The number of aliphatic imine (C=N–C) groups is 1. The maximum Gasteiger partial charge on any atom is 0.522 e. The molecule has 8 heteroatoms. The Morgan fingerprint density at radius 1 is 1.43 bits per heavy atom. The summed E-state index contributed by atoms with van der Waals surface area (Å²) in [5.74, 6) is 0.858. The minimum Gasteiger partial charge on any atom is -0.493 e. The van der Waals surface area contributed by atoms with Gasteiger partial charge in [-0.05, 0) is 6.07 Å². The lowest BCUT2D eigenvalue weighted by atomic mass is 10.0. The Kier molecular flexibility index (Phi) is 4.89. The molecule has 0 spiro atoms. The fourth-order valence-electron chi connectivity index (χ4n) is 2.04. The molecule has 0 aromatic heterocycles. The van der Waals surface area contributed by atoms with Crippen molar-refractivity contribution in [1.29, 1.82) is 0 Å². The number of nitrogens with zero attached hydrogens (tertiary/aromatic N) is 1. The van der Waals surface area contributed by atoms with E-state index in [2.05, 4.69) is 15.0 Å². The zero-order valence-electron chi connectivity index (χ0n) is 11.2. The lowest BCUT2D eigenvalue weighted by Gasteiger charge is -2.26. The van der Waals surface area contributed by atoms with E-state index in [0.29, 0.717) is 13.0 Å². The minimum atomic E-state index is -4.64. The first-order valence-corrected chi connectivity index (χ1v) is 6.44. The second-order valence-electron chi connectivity index (χ2n) is 4.43. The first kappa shape index (κ1) is 15.4. The standard InChI is InChI=1S/C13H16F3N3O2/c14-13(15,16)21-8-6-18-12(17)19-10-5-7-20-11-4-2-1-3-9(10)11/h1-4,10H,5-8H2,(H3,17,18,19). The minimum absolute atomic E-state index is 0.0674. The normalized spacial score (nSPS) is 18.8. The van der Waals surface area contributed by atoms with Crippen molar-refractivity contribution in [1.82, 2.24) is 5.32 Å². The fourth-order valence-corrected chi connectivity index (χ4v) is 2.04. The predicted octanol–water partition coefficient (Wildman–Crippen LogP) is 1.95. The molecule has 0 radical (unpaired) electrons. The highest BCUT2D eigenvalue weighted by Gasteiger charge is 2.28. The molecule has 1 aliphatic rings. The molecule has 1 aromatic carbocycles. The number of para-hydroxylation sites is 1. The lowest BCUT2D eigenvalue weighted by Crippen LogP contribution is -2.37. The van der Waals surface area contributed by atoms with Crippen molar-refractivity contribution in [3.63, 3.8) is 0 Å². The summed E-state index contributed by atoms with van der Waals surface area (Å²) in [6, 6.07) is 7.45. The van der Waals surface area contributed by atoms with E-state index >= 15 is 0 Å². The molecule has 5 nitrogen and oxygen atoms in total. The van der Waals surface area contributed by atoms with E-state index in [1.807, 2.05) is 24.3 Å². The number of hydrogen-bond donors (Lipinski definition) is 2. The number of halogens is 3. The van der Waals surface area contributed by atoms with Crippen molar-refractivity contribution in [3.8, 4) is 5.75 Å². The maximum absolute atomic E-state index is 11.8. The number of alkyl halides is 3. The summed E-state index contributed by atoms with van der Waals surface area (Å²) >= 11 is 0. The Balaban J connectivity index is 1.87. The van der Waals surface area contributed by atoms with E-state index in [0.717, 1.165) is 11.3 Å². The molecule has 116 valence electrons. The van der Waals surface area contributed by atoms with E-state index in [1.165, 1.54) is 0 Å². The SMILES string of the molecule is NC(=NCCOC(F)(F)F)NC1CCOc2ccccc21. The first-order chi connectivity index (χ1) is 9.96. The summed E-state index contributed by atoms with van der Waals surface area (Å²) in [5.41, 5.74) is 6.63. The number of rotatable bonds is 4. The quantitative estimate of drug-likeness (QED) is 0.507. The van der Waals surface area contributed by atoms with E-state index in [9.17, 15) is 13.2 Å². The third kappa shape index (κ3) is 4.82. The van der Waals surface area contributed by atoms with Crippen LogP contribution in [0.2, 0.25) is 0 Å². The molecule has 0 bridgehead atoms. The van der Waals surface area contributed by atoms with E-state index < -0.39 is 13.0 Å². The average molecular weight is 303 g/mol. The zero-order valence-corrected chi connectivity index (χ0v) is 11.2. The van der Waals surface area contributed by atoms with Gasteiger partial charge in [-0.25, -0.2) is 0 Å². The zero-order chi connectivity index (χ0) is 15.3. The Labute approximate surface area is 119 Å². The van der Waals surface area contributed by atoms with Crippen LogP contribution >= 0.6 is 0 Å². The van der Waals surface area contributed by atoms with E-state index in [-0.39, 0.29) is 18.5 Å². The fraction of sp³-hybridized carbons (Fsp3) is 0.462. The third-order valence-electron chi connectivity index (χ3n) is 2.92. The van der Waals surface area contributed by atoms with Crippen molar-refractivity contribution >= 4 is 5.96 Å². The molecule has 21 heavy (non-hydrogen) atoms. The highest BCUT2D eigenvalue weighted by atomic mass is 19.4. The van der Waals surface area contributed by atoms with E-state index in [4.69, 9.17) is 10.5 Å². The molecule has 1 atom stereocenters. The van der Waals surface area contributed by atoms with Gasteiger partial charge < -0.3 is 15.8 Å². The number of guanidine groups is 1. The van der Waals surface area contributed by atoms with Gasteiger partial charge in [0.05, 0.1) is 25.8 Å². The van der Waals surface area contributed by atoms with Crippen LogP contribution < -0.4 is 15.8 Å². The summed E-state index contributed by atoms with van der Waals surface area (Å²) in [6.45, 7) is -0.182. The average Bonchev–Trinajstić information content (AvgIpc) is 2.43. The summed E-state index contributed by atoms with van der Waals surface area (Å²) in [6.07, 6.45) is -3.94. The number of ether oxygens (including phenoxy) is 2. The third-order valence-corrected chi connectivity index (χ3v) is 2.92. The van der Waals surface area contributed by atoms with Crippen LogP contribution in [0.4, 0.5) is 13.2 Å². The van der Waals surface area contributed by atoms with Gasteiger partial charge in [-0.15, -0.1) is 13.2 Å². The molecule has 2 rings (SSSR count). The van der Waals surface area contributed by atoms with Gasteiger partial charge >= 0.3 is 6.36 Å². The Morgan fingerprint density at radius 2 is 2.19 bits per heavy atom. The van der Waals surface area contributed by atoms with Crippen molar-refractivity contribution in [2.75, 3.05) is 19.8 Å². The van der Waals surface area contributed by atoms with Crippen LogP contribution in [0.25, 0.3) is 0 Å². The first-order valence-electron chi connectivity index (χ1n) is 6.44. The molecule has 1 unspecified atom stereocenters. The second-order valence-corrected chi connectivity index (χ2v) is 4.43. The van der Waals surface area contributed by atoms with Crippen LogP contribution in [-0.4, -0.2) is 32.1 Å².